The number of nitrogens with two attached hydrogens (primary N) is 2. The van der Waals surface area contributed by atoms with Crippen molar-refractivity contribution in [3.63, 3.8) is 0 Å². The summed E-state index contributed by atoms with van der Waals surface area (Å²) in [6.07, 6.45) is 1.92. The van der Waals surface area contributed by atoms with Crippen LogP contribution in [0.3, 0.4) is 0 Å². The molecule has 0 atom stereocenters. The van der Waals surface area contributed by atoms with Gasteiger partial charge >= 0.3 is 0 Å². The second kappa shape index (κ2) is 2.86. The number of hydrogen-bond acceptors (Lipinski definition) is 2. The molecule has 3 heteroatoms. The summed E-state index contributed by atoms with van der Waals surface area (Å²) in [4.78, 5) is 0. The summed E-state index contributed by atoms with van der Waals surface area (Å²) in [5, 5.41) is 0. The highest BCUT2D eigenvalue weighted by atomic mass is 15.0. The van der Waals surface area contributed by atoms with E-state index in [1.54, 1.807) is 0 Å². The number of rotatable bonds is 1. The third-order valence-corrected chi connectivity index (χ3v) is 1.95. The normalized spacial score (nSPS) is 10.2. The third-order valence-electron chi connectivity index (χ3n) is 1.95. The van der Waals surface area contributed by atoms with Gasteiger partial charge in [-0.1, -0.05) is 0 Å². The molecular formula is C10H11N3. The summed E-state index contributed by atoms with van der Waals surface area (Å²) in [5.41, 5.74) is 13.1. The van der Waals surface area contributed by atoms with Crippen LogP contribution in [0, 0.1) is 0 Å². The molecule has 0 aliphatic rings. The molecule has 66 valence electrons. The number of benzene rings is 1. The first kappa shape index (κ1) is 7.73. The van der Waals surface area contributed by atoms with Crippen molar-refractivity contribution in [1.29, 1.82) is 0 Å². The van der Waals surface area contributed by atoms with E-state index in [9.17, 15) is 0 Å². The fraction of sp³-hybridized carbons (Fsp3) is 0. The summed E-state index contributed by atoms with van der Waals surface area (Å²) < 4.78 is 1.90. The maximum absolute atomic E-state index is 5.74. The molecule has 0 bridgehead atoms. The van der Waals surface area contributed by atoms with Gasteiger partial charge in [-0.25, -0.2) is 0 Å². The second-order valence-electron chi connectivity index (χ2n) is 2.89. The lowest BCUT2D eigenvalue weighted by Crippen LogP contribution is -1.98. The lowest BCUT2D eigenvalue weighted by atomic mass is 10.3. The van der Waals surface area contributed by atoms with E-state index >= 15 is 0 Å². The molecule has 1 heterocycles. The minimum absolute atomic E-state index is 0.727. The summed E-state index contributed by atoms with van der Waals surface area (Å²) in [6.45, 7) is 0. The molecule has 0 radical (unpaired) electrons. The Morgan fingerprint density at radius 1 is 0.923 bits per heavy atom. The molecule has 0 spiro atoms. The fourth-order valence-electron chi connectivity index (χ4n) is 1.26. The first-order valence-corrected chi connectivity index (χ1v) is 4.06. The number of hydrogen-bond donors (Lipinski definition) is 2. The van der Waals surface area contributed by atoms with Crippen molar-refractivity contribution < 1.29 is 0 Å². The molecule has 0 saturated heterocycles. The molecule has 2 rings (SSSR count). The van der Waals surface area contributed by atoms with Crippen LogP contribution in [0.25, 0.3) is 5.69 Å². The van der Waals surface area contributed by atoms with Gasteiger partial charge in [0.1, 0.15) is 5.82 Å². The highest BCUT2D eigenvalue weighted by Crippen LogP contribution is 2.15. The zero-order valence-electron chi connectivity index (χ0n) is 7.14. The summed E-state index contributed by atoms with van der Waals surface area (Å²) in [7, 11) is 0. The smallest absolute Gasteiger partial charge is 0.107 e. The average molecular weight is 173 g/mol. The van der Waals surface area contributed by atoms with E-state index in [1.165, 1.54) is 0 Å². The predicted octanol–water partition coefficient (Wildman–Crippen LogP) is 1.64. The standard InChI is InChI=1S/C10H11N3/c11-8-3-5-9(6-4-8)13-7-1-2-10(13)12/h1-7H,11-12H2. The largest absolute Gasteiger partial charge is 0.399 e. The van der Waals surface area contributed by atoms with Crippen molar-refractivity contribution in [1.82, 2.24) is 4.57 Å². The molecule has 0 aliphatic carbocycles. The monoisotopic (exact) mass is 173 g/mol. The van der Waals surface area contributed by atoms with Crippen molar-refractivity contribution in [2.75, 3.05) is 11.5 Å². The molecule has 2 aromatic rings. The summed E-state index contributed by atoms with van der Waals surface area (Å²) >= 11 is 0. The maximum Gasteiger partial charge on any atom is 0.107 e. The van der Waals surface area contributed by atoms with Crippen LogP contribution in [-0.2, 0) is 0 Å². The Balaban J connectivity index is 2.47. The van der Waals surface area contributed by atoms with Crippen molar-refractivity contribution in [2.45, 2.75) is 0 Å². The van der Waals surface area contributed by atoms with E-state index in [1.807, 2.05) is 47.2 Å². The zero-order valence-corrected chi connectivity index (χ0v) is 7.14. The van der Waals surface area contributed by atoms with Crippen LogP contribution in [0.15, 0.2) is 42.6 Å². The molecule has 4 N–H and O–H groups in total. The molecule has 1 aromatic heterocycles. The van der Waals surface area contributed by atoms with Gasteiger partial charge in [-0.15, -0.1) is 0 Å². The number of anilines is 2. The highest BCUT2D eigenvalue weighted by Gasteiger charge is 1.97. The maximum atomic E-state index is 5.74. The van der Waals surface area contributed by atoms with Gasteiger partial charge in [-0.2, -0.15) is 0 Å². The van der Waals surface area contributed by atoms with Gasteiger partial charge in [-0.05, 0) is 36.4 Å². The Labute approximate surface area is 76.6 Å². The van der Waals surface area contributed by atoms with Gasteiger partial charge < -0.3 is 16.0 Å². The third kappa shape index (κ3) is 1.36. The fourth-order valence-corrected chi connectivity index (χ4v) is 1.26. The van der Waals surface area contributed by atoms with E-state index in [2.05, 4.69) is 0 Å². The number of nitrogen functional groups attached to an aromatic ring is 2. The van der Waals surface area contributed by atoms with Crippen molar-refractivity contribution in [2.24, 2.45) is 0 Å². The molecule has 1 aromatic carbocycles. The average Bonchev–Trinajstić information content (AvgIpc) is 2.53. The van der Waals surface area contributed by atoms with Crippen LogP contribution in [0.5, 0.6) is 0 Å². The molecule has 13 heavy (non-hydrogen) atoms. The predicted molar refractivity (Wildman–Crippen MR) is 54.6 cm³/mol. The van der Waals surface area contributed by atoms with E-state index < -0.39 is 0 Å². The highest BCUT2D eigenvalue weighted by molar-refractivity contribution is 5.49. The topological polar surface area (TPSA) is 57.0 Å². The van der Waals surface area contributed by atoms with Crippen LogP contribution in [0.1, 0.15) is 0 Å². The number of nitrogens with zero attached hydrogens (tertiary/aromatic N) is 1. The Kier molecular flexibility index (Phi) is 1.70. The second-order valence-corrected chi connectivity index (χ2v) is 2.89. The molecule has 0 amide bonds. The van der Waals surface area contributed by atoms with E-state index in [0.29, 0.717) is 0 Å². The van der Waals surface area contributed by atoms with Gasteiger partial charge in [0.2, 0.25) is 0 Å². The van der Waals surface area contributed by atoms with Crippen molar-refractivity contribution in [3.05, 3.63) is 42.6 Å². The molecule has 0 saturated carbocycles. The summed E-state index contributed by atoms with van der Waals surface area (Å²) in [5.74, 6) is 0.727. The van der Waals surface area contributed by atoms with Crippen LogP contribution in [-0.4, -0.2) is 4.57 Å². The van der Waals surface area contributed by atoms with Gasteiger partial charge in [0.25, 0.3) is 0 Å². The molecule has 3 nitrogen and oxygen atoms in total. The molecule has 0 unspecified atom stereocenters. The van der Waals surface area contributed by atoms with E-state index in [4.69, 9.17) is 11.5 Å². The Bertz CT molecular complexity index is 400. The lowest BCUT2D eigenvalue weighted by Gasteiger charge is -2.05. The minimum Gasteiger partial charge on any atom is -0.399 e. The quantitative estimate of drug-likeness (QED) is 0.644. The first-order valence-electron chi connectivity index (χ1n) is 4.06. The van der Waals surface area contributed by atoms with Gasteiger partial charge in [0, 0.05) is 17.6 Å². The van der Waals surface area contributed by atoms with E-state index in [-0.39, 0.29) is 0 Å². The van der Waals surface area contributed by atoms with E-state index in [0.717, 1.165) is 17.2 Å². The van der Waals surface area contributed by atoms with Crippen LogP contribution < -0.4 is 11.5 Å². The van der Waals surface area contributed by atoms with Crippen molar-refractivity contribution >= 4 is 11.5 Å². The SMILES string of the molecule is Nc1ccc(-n2cccc2N)cc1. The van der Waals surface area contributed by atoms with Crippen LogP contribution in [0.2, 0.25) is 0 Å². The lowest BCUT2D eigenvalue weighted by molar-refractivity contribution is 1.09. The van der Waals surface area contributed by atoms with Gasteiger partial charge in [0.05, 0.1) is 0 Å². The molecular weight excluding hydrogens is 162 g/mol. The Morgan fingerprint density at radius 3 is 2.15 bits per heavy atom. The van der Waals surface area contributed by atoms with Crippen molar-refractivity contribution in [3.8, 4) is 5.69 Å². The van der Waals surface area contributed by atoms with Crippen LogP contribution >= 0.6 is 0 Å². The Morgan fingerprint density at radius 2 is 1.62 bits per heavy atom. The minimum atomic E-state index is 0.727. The van der Waals surface area contributed by atoms with Gasteiger partial charge in [0.15, 0.2) is 0 Å². The van der Waals surface area contributed by atoms with Crippen LogP contribution in [0.4, 0.5) is 11.5 Å². The molecule has 0 fully saturated rings. The summed E-state index contributed by atoms with van der Waals surface area (Å²) in [6, 6.07) is 11.4. The zero-order chi connectivity index (χ0) is 9.26. The Hall–Kier alpha value is -1.90. The number of aromatic nitrogens is 1. The first-order chi connectivity index (χ1) is 6.27. The van der Waals surface area contributed by atoms with Gasteiger partial charge in [-0.3, -0.25) is 0 Å². The molecule has 0 aliphatic heterocycles.